The van der Waals surface area contributed by atoms with Crippen molar-refractivity contribution in [2.45, 2.75) is 6.42 Å². The van der Waals surface area contributed by atoms with Crippen LogP contribution in [-0.4, -0.2) is 18.4 Å². The molecule has 1 fully saturated rings. The van der Waals surface area contributed by atoms with Gasteiger partial charge in [0, 0.05) is 24.3 Å². The van der Waals surface area contributed by atoms with E-state index in [0.29, 0.717) is 17.9 Å². The van der Waals surface area contributed by atoms with Gasteiger partial charge >= 0.3 is 0 Å². The maximum absolute atomic E-state index is 13.0. The predicted molar refractivity (Wildman–Crippen MR) is 81.9 cm³/mol. The minimum Gasteiger partial charge on any atom is -0.326 e. The summed E-state index contributed by atoms with van der Waals surface area (Å²) in [6.07, 6.45) is 0.163. The van der Waals surface area contributed by atoms with Crippen LogP contribution < -0.4 is 10.2 Å². The van der Waals surface area contributed by atoms with Gasteiger partial charge in [-0.15, -0.1) is 0 Å². The van der Waals surface area contributed by atoms with E-state index in [2.05, 4.69) is 5.32 Å². The second kappa shape index (κ2) is 5.97. The van der Waals surface area contributed by atoms with Crippen LogP contribution in [0.15, 0.2) is 54.6 Å². The third-order valence-electron chi connectivity index (χ3n) is 3.68. The molecule has 2 amide bonds. The Balaban J connectivity index is 1.69. The number of halogens is 1. The monoisotopic (exact) mass is 298 g/mol. The van der Waals surface area contributed by atoms with E-state index in [-0.39, 0.29) is 24.1 Å². The first-order chi connectivity index (χ1) is 10.6. The minimum absolute atomic E-state index is 0.125. The SMILES string of the molecule is O=C(Nc1ccccc1)[C@H]1CC(=O)N(c2ccc(F)cc2)C1. The van der Waals surface area contributed by atoms with Crippen LogP contribution in [0.25, 0.3) is 0 Å². The standard InChI is InChI=1S/C17H15FN2O2/c18-13-6-8-15(9-7-13)20-11-12(10-16(20)21)17(22)19-14-4-2-1-3-5-14/h1-9,12H,10-11H2,(H,19,22)/t12-/m0/s1. The van der Waals surface area contributed by atoms with Crippen molar-refractivity contribution in [1.82, 2.24) is 0 Å². The number of carbonyl (C=O) groups excluding carboxylic acids is 2. The minimum atomic E-state index is -0.405. The number of nitrogens with zero attached hydrogens (tertiary/aromatic N) is 1. The van der Waals surface area contributed by atoms with Gasteiger partial charge in [0.15, 0.2) is 0 Å². The molecular formula is C17H15FN2O2. The van der Waals surface area contributed by atoms with Crippen molar-refractivity contribution in [3.8, 4) is 0 Å². The summed E-state index contributed by atoms with van der Waals surface area (Å²) in [5, 5.41) is 2.81. The molecule has 0 aliphatic carbocycles. The van der Waals surface area contributed by atoms with E-state index >= 15 is 0 Å². The van der Waals surface area contributed by atoms with Crippen molar-refractivity contribution < 1.29 is 14.0 Å². The maximum Gasteiger partial charge on any atom is 0.229 e. The smallest absolute Gasteiger partial charge is 0.229 e. The average Bonchev–Trinajstić information content (AvgIpc) is 2.91. The fourth-order valence-corrected chi connectivity index (χ4v) is 2.52. The summed E-state index contributed by atoms with van der Waals surface area (Å²) in [4.78, 5) is 25.8. The second-order valence-electron chi connectivity index (χ2n) is 5.24. The molecule has 1 heterocycles. The zero-order valence-electron chi connectivity index (χ0n) is 11.8. The summed E-state index contributed by atoms with van der Waals surface area (Å²) in [5.74, 6) is -1.06. The molecule has 2 aromatic carbocycles. The van der Waals surface area contributed by atoms with E-state index in [4.69, 9.17) is 0 Å². The first kappa shape index (κ1) is 14.3. The van der Waals surface area contributed by atoms with Gasteiger partial charge in [0.05, 0.1) is 5.92 Å². The largest absolute Gasteiger partial charge is 0.326 e. The summed E-state index contributed by atoms with van der Waals surface area (Å²) >= 11 is 0. The Bertz CT molecular complexity index is 686. The molecule has 22 heavy (non-hydrogen) atoms. The van der Waals surface area contributed by atoms with Crippen LogP contribution in [0.2, 0.25) is 0 Å². The van der Waals surface area contributed by atoms with Crippen molar-refractivity contribution in [1.29, 1.82) is 0 Å². The molecule has 2 aromatic rings. The highest BCUT2D eigenvalue weighted by Crippen LogP contribution is 2.26. The van der Waals surface area contributed by atoms with Gasteiger partial charge in [0.25, 0.3) is 0 Å². The number of nitrogens with one attached hydrogen (secondary N) is 1. The van der Waals surface area contributed by atoms with Gasteiger partial charge in [-0.1, -0.05) is 18.2 Å². The average molecular weight is 298 g/mol. The third-order valence-corrected chi connectivity index (χ3v) is 3.68. The Morgan fingerprint density at radius 2 is 1.77 bits per heavy atom. The predicted octanol–water partition coefficient (Wildman–Crippen LogP) is 2.82. The number of carbonyl (C=O) groups is 2. The van der Waals surface area contributed by atoms with Gasteiger partial charge in [-0.3, -0.25) is 9.59 Å². The zero-order chi connectivity index (χ0) is 15.5. The molecular weight excluding hydrogens is 283 g/mol. The number of benzene rings is 2. The molecule has 1 N–H and O–H groups in total. The molecule has 5 heteroatoms. The lowest BCUT2D eigenvalue weighted by Crippen LogP contribution is -2.28. The fraction of sp³-hybridized carbons (Fsp3) is 0.176. The molecule has 0 bridgehead atoms. The Kier molecular flexibility index (Phi) is 3.87. The molecule has 1 aliphatic heterocycles. The second-order valence-corrected chi connectivity index (χ2v) is 5.24. The van der Waals surface area contributed by atoms with E-state index in [1.54, 1.807) is 24.3 Å². The zero-order valence-corrected chi connectivity index (χ0v) is 11.8. The Hall–Kier alpha value is -2.69. The lowest BCUT2D eigenvalue weighted by Gasteiger charge is -2.16. The first-order valence-corrected chi connectivity index (χ1v) is 7.05. The van der Waals surface area contributed by atoms with Crippen LogP contribution >= 0.6 is 0 Å². The van der Waals surface area contributed by atoms with E-state index in [9.17, 15) is 14.0 Å². The third kappa shape index (κ3) is 2.98. The lowest BCUT2D eigenvalue weighted by molar-refractivity contribution is -0.122. The van der Waals surface area contributed by atoms with Crippen LogP contribution in [0.1, 0.15) is 6.42 Å². The highest BCUT2D eigenvalue weighted by atomic mass is 19.1. The van der Waals surface area contributed by atoms with Crippen molar-refractivity contribution in [2.75, 3.05) is 16.8 Å². The van der Waals surface area contributed by atoms with Crippen molar-refractivity contribution in [2.24, 2.45) is 5.92 Å². The molecule has 0 saturated carbocycles. The normalized spacial score (nSPS) is 17.6. The van der Waals surface area contributed by atoms with Gasteiger partial charge in [-0.2, -0.15) is 0 Å². The number of anilines is 2. The van der Waals surface area contributed by atoms with Crippen LogP contribution in [0.3, 0.4) is 0 Å². The quantitative estimate of drug-likeness (QED) is 0.947. The Morgan fingerprint density at radius 3 is 2.45 bits per heavy atom. The summed E-state index contributed by atoms with van der Waals surface area (Å²) < 4.78 is 13.0. The van der Waals surface area contributed by atoms with Gasteiger partial charge < -0.3 is 10.2 Å². The van der Waals surface area contributed by atoms with Gasteiger partial charge in [0.2, 0.25) is 11.8 Å². The topological polar surface area (TPSA) is 49.4 Å². The summed E-state index contributed by atoms with van der Waals surface area (Å²) in [6, 6.07) is 14.8. The molecule has 1 atom stereocenters. The van der Waals surface area contributed by atoms with E-state index in [0.717, 1.165) is 0 Å². The number of para-hydroxylation sites is 1. The van der Waals surface area contributed by atoms with E-state index in [1.165, 1.54) is 17.0 Å². The fourth-order valence-electron chi connectivity index (χ4n) is 2.52. The maximum atomic E-state index is 13.0. The summed E-state index contributed by atoms with van der Waals surface area (Å²) in [6.45, 7) is 0.309. The van der Waals surface area contributed by atoms with Crippen molar-refractivity contribution in [3.05, 3.63) is 60.4 Å². The van der Waals surface area contributed by atoms with Crippen molar-refractivity contribution >= 4 is 23.2 Å². The van der Waals surface area contributed by atoms with Crippen LogP contribution in [0, 0.1) is 11.7 Å². The van der Waals surface area contributed by atoms with Crippen molar-refractivity contribution in [3.63, 3.8) is 0 Å². The summed E-state index contributed by atoms with van der Waals surface area (Å²) in [7, 11) is 0. The Labute approximate surface area is 127 Å². The number of amides is 2. The molecule has 1 aliphatic rings. The van der Waals surface area contributed by atoms with Crippen LogP contribution in [0.5, 0.6) is 0 Å². The Morgan fingerprint density at radius 1 is 1.09 bits per heavy atom. The molecule has 4 nitrogen and oxygen atoms in total. The highest BCUT2D eigenvalue weighted by molar-refractivity contribution is 6.03. The molecule has 3 rings (SSSR count). The first-order valence-electron chi connectivity index (χ1n) is 7.05. The highest BCUT2D eigenvalue weighted by Gasteiger charge is 2.35. The number of rotatable bonds is 3. The molecule has 0 aromatic heterocycles. The van der Waals surface area contributed by atoms with Gasteiger partial charge in [-0.25, -0.2) is 4.39 Å². The van der Waals surface area contributed by atoms with Crippen LogP contribution in [0.4, 0.5) is 15.8 Å². The summed E-state index contributed by atoms with van der Waals surface area (Å²) in [5.41, 5.74) is 1.32. The van der Waals surface area contributed by atoms with Gasteiger partial charge in [-0.05, 0) is 36.4 Å². The molecule has 0 radical (unpaired) electrons. The number of hydrogen-bond donors (Lipinski definition) is 1. The van der Waals surface area contributed by atoms with Crippen LogP contribution in [-0.2, 0) is 9.59 Å². The lowest BCUT2D eigenvalue weighted by atomic mass is 10.1. The molecule has 1 saturated heterocycles. The molecule has 0 spiro atoms. The molecule has 112 valence electrons. The van der Waals surface area contributed by atoms with E-state index < -0.39 is 5.92 Å². The molecule has 0 unspecified atom stereocenters. The van der Waals surface area contributed by atoms with E-state index in [1.807, 2.05) is 18.2 Å². The van der Waals surface area contributed by atoms with Gasteiger partial charge in [0.1, 0.15) is 5.82 Å². The number of hydrogen-bond acceptors (Lipinski definition) is 2.